The van der Waals surface area contributed by atoms with Crippen molar-refractivity contribution < 1.29 is 4.74 Å². The summed E-state index contributed by atoms with van der Waals surface area (Å²) in [5, 5.41) is 0. The highest BCUT2D eigenvalue weighted by molar-refractivity contribution is 6.03. The lowest BCUT2D eigenvalue weighted by Crippen LogP contribution is -2.35. The molecule has 0 aromatic heterocycles. The molecule has 1 fully saturated rings. The lowest BCUT2D eigenvalue weighted by atomic mass is 9.63. The van der Waals surface area contributed by atoms with E-state index in [2.05, 4.69) is 56.3 Å². The maximum absolute atomic E-state index is 6.14. The Morgan fingerprint density at radius 3 is 2.55 bits per heavy atom. The maximum Gasteiger partial charge on any atom is 0.122 e. The van der Waals surface area contributed by atoms with Gasteiger partial charge in [-0.25, -0.2) is 0 Å². The van der Waals surface area contributed by atoms with Crippen molar-refractivity contribution in [2.24, 2.45) is 10.4 Å². The van der Waals surface area contributed by atoms with Gasteiger partial charge >= 0.3 is 0 Å². The highest BCUT2D eigenvalue weighted by atomic mass is 16.5. The van der Waals surface area contributed by atoms with Gasteiger partial charge in [-0.05, 0) is 78.8 Å². The van der Waals surface area contributed by atoms with Crippen LogP contribution >= 0.6 is 0 Å². The van der Waals surface area contributed by atoms with Crippen molar-refractivity contribution in [3.8, 4) is 5.75 Å². The molecule has 4 rings (SSSR count). The number of hydrogen-bond acceptors (Lipinski definition) is 2. The van der Waals surface area contributed by atoms with E-state index in [9.17, 15) is 0 Å². The second-order valence-corrected chi connectivity index (χ2v) is 9.14. The third-order valence-electron chi connectivity index (χ3n) is 6.78. The standard InChI is InChI=1S/C27H35NO/c1-3-4-15-29-26-17-23-18-27(13-9-6-10-14-27)19-25(24(23)16-21(26)2)28-20-22-11-7-5-8-12-22/h5,7-8,11-12,16-17H,3-4,6,9-10,13-15,18-20H2,1-2H3. The highest BCUT2D eigenvalue weighted by Gasteiger charge is 2.38. The van der Waals surface area contributed by atoms with Crippen LogP contribution in [0.4, 0.5) is 0 Å². The minimum Gasteiger partial charge on any atom is -0.493 e. The zero-order valence-corrected chi connectivity index (χ0v) is 18.2. The Hall–Kier alpha value is -2.09. The molecule has 0 unspecified atom stereocenters. The van der Waals surface area contributed by atoms with Crippen LogP contribution in [0.3, 0.4) is 0 Å². The molecule has 2 aliphatic carbocycles. The van der Waals surface area contributed by atoms with E-state index in [0.717, 1.165) is 31.7 Å². The van der Waals surface area contributed by atoms with Gasteiger partial charge in [0, 0.05) is 5.71 Å². The Bertz CT molecular complexity index is 846. The first-order valence-corrected chi connectivity index (χ1v) is 11.5. The van der Waals surface area contributed by atoms with Crippen molar-refractivity contribution in [3.05, 3.63) is 64.7 Å². The molecule has 0 amide bonds. The minimum atomic E-state index is 0.413. The number of benzene rings is 2. The molecular weight excluding hydrogens is 354 g/mol. The first-order valence-electron chi connectivity index (χ1n) is 11.5. The van der Waals surface area contributed by atoms with Gasteiger partial charge in [0.2, 0.25) is 0 Å². The van der Waals surface area contributed by atoms with Crippen LogP contribution in [-0.4, -0.2) is 12.3 Å². The summed E-state index contributed by atoms with van der Waals surface area (Å²) in [6.07, 6.45) is 11.4. The molecule has 2 nitrogen and oxygen atoms in total. The fourth-order valence-electron chi connectivity index (χ4n) is 5.11. The number of fused-ring (bicyclic) bond motifs is 1. The van der Waals surface area contributed by atoms with Crippen molar-refractivity contribution >= 4 is 5.71 Å². The summed E-state index contributed by atoms with van der Waals surface area (Å²) in [5.74, 6) is 1.08. The largest absolute Gasteiger partial charge is 0.493 e. The third-order valence-corrected chi connectivity index (χ3v) is 6.78. The molecule has 1 saturated carbocycles. The van der Waals surface area contributed by atoms with Crippen LogP contribution in [0.1, 0.15) is 80.5 Å². The minimum absolute atomic E-state index is 0.413. The molecule has 2 aromatic carbocycles. The van der Waals surface area contributed by atoms with Gasteiger partial charge in [-0.3, -0.25) is 4.99 Å². The highest BCUT2D eigenvalue weighted by Crippen LogP contribution is 2.47. The van der Waals surface area contributed by atoms with Gasteiger partial charge in [0.25, 0.3) is 0 Å². The van der Waals surface area contributed by atoms with E-state index < -0.39 is 0 Å². The molecule has 0 N–H and O–H groups in total. The molecule has 1 spiro atoms. The summed E-state index contributed by atoms with van der Waals surface area (Å²) in [4.78, 5) is 5.17. The third kappa shape index (κ3) is 4.74. The van der Waals surface area contributed by atoms with Crippen LogP contribution < -0.4 is 4.74 Å². The topological polar surface area (TPSA) is 21.6 Å². The number of ether oxygens (including phenoxy) is 1. The lowest BCUT2D eigenvalue weighted by molar-refractivity contribution is 0.192. The van der Waals surface area contributed by atoms with E-state index >= 15 is 0 Å². The summed E-state index contributed by atoms with van der Waals surface area (Å²) in [6, 6.07) is 15.3. The summed E-state index contributed by atoms with van der Waals surface area (Å²) < 4.78 is 6.14. The Morgan fingerprint density at radius 1 is 1.00 bits per heavy atom. The lowest BCUT2D eigenvalue weighted by Gasteiger charge is -2.42. The summed E-state index contributed by atoms with van der Waals surface area (Å²) in [5.41, 5.74) is 7.10. The number of rotatable bonds is 6. The number of unbranched alkanes of at least 4 members (excludes halogenated alkanes) is 1. The van der Waals surface area contributed by atoms with Crippen molar-refractivity contribution in [3.63, 3.8) is 0 Å². The van der Waals surface area contributed by atoms with E-state index in [1.165, 1.54) is 72.9 Å². The van der Waals surface area contributed by atoms with Gasteiger partial charge in [0.05, 0.1) is 13.2 Å². The monoisotopic (exact) mass is 389 g/mol. The molecule has 0 atom stereocenters. The number of aryl methyl sites for hydroxylation is 1. The quantitative estimate of drug-likeness (QED) is 0.485. The van der Waals surface area contributed by atoms with Crippen LogP contribution in [0.25, 0.3) is 0 Å². The Morgan fingerprint density at radius 2 is 1.79 bits per heavy atom. The number of hydrogen-bond donors (Lipinski definition) is 0. The van der Waals surface area contributed by atoms with E-state index in [4.69, 9.17) is 9.73 Å². The number of nitrogens with zero attached hydrogens (tertiary/aromatic N) is 1. The normalized spacial score (nSPS) is 19.3. The maximum atomic E-state index is 6.14. The Labute approximate surface area is 176 Å². The molecule has 154 valence electrons. The molecule has 0 aliphatic heterocycles. The molecule has 2 aliphatic rings. The second-order valence-electron chi connectivity index (χ2n) is 9.14. The van der Waals surface area contributed by atoms with Crippen molar-refractivity contribution in [1.82, 2.24) is 0 Å². The predicted octanol–water partition coefficient (Wildman–Crippen LogP) is 7.06. The van der Waals surface area contributed by atoms with Crippen LogP contribution in [0.5, 0.6) is 5.75 Å². The zero-order chi connectivity index (χ0) is 20.1. The van der Waals surface area contributed by atoms with E-state index in [1.807, 2.05) is 0 Å². The van der Waals surface area contributed by atoms with Gasteiger partial charge in [-0.15, -0.1) is 0 Å². The smallest absolute Gasteiger partial charge is 0.122 e. The van der Waals surface area contributed by atoms with Gasteiger partial charge in [-0.2, -0.15) is 0 Å². The Balaban J connectivity index is 1.67. The first-order chi connectivity index (χ1) is 14.2. The van der Waals surface area contributed by atoms with Crippen LogP contribution in [0.2, 0.25) is 0 Å². The Kier molecular flexibility index (Phi) is 6.37. The van der Waals surface area contributed by atoms with Gasteiger partial charge in [0.15, 0.2) is 0 Å². The van der Waals surface area contributed by atoms with Gasteiger partial charge < -0.3 is 4.74 Å². The molecule has 0 radical (unpaired) electrons. The SMILES string of the molecule is CCCCOc1cc2c(cc1C)C(=NCc1ccccc1)CC1(CCCCC1)C2. The van der Waals surface area contributed by atoms with E-state index in [1.54, 1.807) is 0 Å². The molecule has 0 bridgehead atoms. The summed E-state index contributed by atoms with van der Waals surface area (Å²) in [6.45, 7) is 5.99. The first kappa shape index (κ1) is 20.2. The fourth-order valence-corrected chi connectivity index (χ4v) is 5.11. The fraction of sp³-hybridized carbons (Fsp3) is 0.519. The molecule has 29 heavy (non-hydrogen) atoms. The summed E-state index contributed by atoms with van der Waals surface area (Å²) >= 11 is 0. The predicted molar refractivity (Wildman–Crippen MR) is 122 cm³/mol. The van der Waals surface area contributed by atoms with Crippen molar-refractivity contribution in [2.45, 2.75) is 78.2 Å². The van der Waals surface area contributed by atoms with Crippen LogP contribution in [-0.2, 0) is 13.0 Å². The second kappa shape index (κ2) is 9.15. The van der Waals surface area contributed by atoms with E-state index in [-0.39, 0.29) is 0 Å². The van der Waals surface area contributed by atoms with Crippen LogP contribution in [0, 0.1) is 12.3 Å². The van der Waals surface area contributed by atoms with E-state index in [0.29, 0.717) is 5.41 Å². The van der Waals surface area contributed by atoms with Crippen LogP contribution in [0.15, 0.2) is 47.5 Å². The van der Waals surface area contributed by atoms with Gasteiger partial charge in [0.1, 0.15) is 5.75 Å². The van der Waals surface area contributed by atoms with Crippen molar-refractivity contribution in [1.29, 1.82) is 0 Å². The number of aliphatic imine (C=N–C) groups is 1. The molecule has 0 heterocycles. The molecule has 2 heteroatoms. The average Bonchev–Trinajstić information content (AvgIpc) is 2.74. The molecular formula is C27H35NO. The summed E-state index contributed by atoms with van der Waals surface area (Å²) in [7, 11) is 0. The van der Waals surface area contributed by atoms with Crippen molar-refractivity contribution in [2.75, 3.05) is 6.61 Å². The van der Waals surface area contributed by atoms with Gasteiger partial charge in [-0.1, -0.05) is 62.9 Å². The molecule has 0 saturated heterocycles. The average molecular weight is 390 g/mol. The zero-order valence-electron chi connectivity index (χ0n) is 18.2. The molecule has 2 aromatic rings.